The summed E-state index contributed by atoms with van der Waals surface area (Å²) in [6, 6.07) is 8.66. The molecule has 0 atom stereocenters. The standard InChI is InChI=1S/C28H30FN3O4/c1-6-11-31-24-15-23(29)18(12-21(24)17(3)16-28(31,4)5)13-22-25(33)30-27(35)32(26(22)34)19-9-8-10-20(14-19)36-7-2/h8-10,12-16H,6-7,11H2,1-5H3,(H,30,33,35)/b22-13-. The second-order valence-electron chi connectivity index (χ2n) is 9.41. The molecule has 36 heavy (non-hydrogen) atoms. The van der Waals surface area contributed by atoms with E-state index < -0.39 is 23.7 Å². The molecule has 2 aromatic carbocycles. The summed E-state index contributed by atoms with van der Waals surface area (Å²) in [6.07, 6.45) is 4.23. The van der Waals surface area contributed by atoms with E-state index in [9.17, 15) is 14.4 Å². The van der Waals surface area contributed by atoms with Crippen LogP contribution in [0.3, 0.4) is 0 Å². The van der Waals surface area contributed by atoms with Gasteiger partial charge in [0.2, 0.25) is 0 Å². The monoisotopic (exact) mass is 491 g/mol. The first kappa shape index (κ1) is 25.2. The lowest BCUT2D eigenvalue weighted by atomic mass is 9.87. The number of carbonyl (C=O) groups is 3. The zero-order valence-electron chi connectivity index (χ0n) is 21.1. The number of anilines is 2. The maximum Gasteiger partial charge on any atom is 0.335 e. The van der Waals surface area contributed by atoms with Crippen LogP contribution in [0.1, 0.15) is 52.2 Å². The van der Waals surface area contributed by atoms with Gasteiger partial charge in [0.15, 0.2) is 0 Å². The molecule has 0 saturated carbocycles. The lowest BCUT2D eigenvalue weighted by Gasteiger charge is -2.43. The maximum absolute atomic E-state index is 15.4. The highest BCUT2D eigenvalue weighted by atomic mass is 19.1. The SMILES string of the molecule is CCCN1c2cc(F)c(/C=C3/C(=O)NC(=O)N(c4cccc(OCC)c4)C3=O)cc2C(C)=CC1(C)C. The number of halogens is 1. The zero-order valence-corrected chi connectivity index (χ0v) is 21.1. The summed E-state index contributed by atoms with van der Waals surface area (Å²) in [4.78, 5) is 41.5. The van der Waals surface area contributed by atoms with E-state index in [4.69, 9.17) is 4.74 Å². The first-order chi connectivity index (χ1) is 17.1. The smallest absolute Gasteiger partial charge is 0.335 e. The molecule has 188 valence electrons. The van der Waals surface area contributed by atoms with Gasteiger partial charge < -0.3 is 9.64 Å². The second kappa shape index (κ2) is 9.60. The molecular weight excluding hydrogens is 461 g/mol. The fraction of sp³-hybridized carbons (Fsp3) is 0.321. The summed E-state index contributed by atoms with van der Waals surface area (Å²) in [7, 11) is 0. The van der Waals surface area contributed by atoms with E-state index in [2.05, 4.69) is 37.1 Å². The molecule has 1 N–H and O–H groups in total. The minimum atomic E-state index is -0.877. The van der Waals surface area contributed by atoms with Crippen LogP contribution in [0.25, 0.3) is 11.6 Å². The van der Waals surface area contributed by atoms with Gasteiger partial charge in [-0.3, -0.25) is 14.9 Å². The molecule has 2 aliphatic rings. The molecule has 0 bridgehead atoms. The van der Waals surface area contributed by atoms with Gasteiger partial charge in [-0.05, 0) is 70.0 Å². The molecule has 0 aliphatic carbocycles. The van der Waals surface area contributed by atoms with Gasteiger partial charge in [0.1, 0.15) is 17.1 Å². The van der Waals surface area contributed by atoms with Crippen LogP contribution in [0.15, 0.2) is 48.0 Å². The topological polar surface area (TPSA) is 79.0 Å². The number of urea groups is 1. The predicted molar refractivity (Wildman–Crippen MR) is 138 cm³/mol. The van der Waals surface area contributed by atoms with Crippen molar-refractivity contribution < 1.29 is 23.5 Å². The highest BCUT2D eigenvalue weighted by Gasteiger charge is 2.37. The van der Waals surface area contributed by atoms with Crippen LogP contribution in [-0.4, -0.2) is 36.5 Å². The highest BCUT2D eigenvalue weighted by Crippen LogP contribution is 2.40. The number of imide groups is 2. The maximum atomic E-state index is 15.4. The van der Waals surface area contributed by atoms with Gasteiger partial charge >= 0.3 is 6.03 Å². The van der Waals surface area contributed by atoms with Crippen molar-refractivity contribution in [3.8, 4) is 5.75 Å². The van der Waals surface area contributed by atoms with Gasteiger partial charge in [-0.25, -0.2) is 14.1 Å². The molecule has 7 nitrogen and oxygen atoms in total. The summed E-state index contributed by atoms with van der Waals surface area (Å²) >= 11 is 0. The molecule has 0 spiro atoms. The lowest BCUT2D eigenvalue weighted by molar-refractivity contribution is -0.122. The lowest BCUT2D eigenvalue weighted by Crippen LogP contribution is -2.54. The van der Waals surface area contributed by atoms with Crippen molar-refractivity contribution in [2.45, 2.75) is 46.6 Å². The van der Waals surface area contributed by atoms with E-state index in [0.717, 1.165) is 34.7 Å². The number of hydrogen-bond acceptors (Lipinski definition) is 5. The molecule has 1 fully saturated rings. The van der Waals surface area contributed by atoms with E-state index in [-0.39, 0.29) is 22.4 Å². The normalized spacial score (nSPS) is 18.2. The quantitative estimate of drug-likeness (QED) is 0.438. The number of carbonyl (C=O) groups excluding carboxylic acids is 3. The molecular formula is C28H30FN3O4. The molecule has 0 radical (unpaired) electrons. The third-order valence-electron chi connectivity index (χ3n) is 6.33. The van der Waals surface area contributed by atoms with E-state index in [1.165, 1.54) is 18.2 Å². The summed E-state index contributed by atoms with van der Waals surface area (Å²) < 4.78 is 20.8. The van der Waals surface area contributed by atoms with Crippen molar-refractivity contribution in [2.24, 2.45) is 0 Å². The van der Waals surface area contributed by atoms with Crippen molar-refractivity contribution in [1.82, 2.24) is 5.32 Å². The number of nitrogens with zero attached hydrogens (tertiary/aromatic N) is 2. The first-order valence-corrected chi connectivity index (χ1v) is 12.0. The van der Waals surface area contributed by atoms with Gasteiger partial charge in [-0.1, -0.05) is 19.1 Å². The average Bonchev–Trinajstić information content (AvgIpc) is 2.80. The van der Waals surface area contributed by atoms with Crippen LogP contribution in [-0.2, 0) is 9.59 Å². The van der Waals surface area contributed by atoms with Crippen molar-refractivity contribution in [3.05, 3.63) is 65.0 Å². The molecule has 8 heteroatoms. The van der Waals surface area contributed by atoms with Crippen molar-refractivity contribution in [1.29, 1.82) is 0 Å². The largest absolute Gasteiger partial charge is 0.494 e. The minimum absolute atomic E-state index is 0.0912. The van der Waals surface area contributed by atoms with Crippen molar-refractivity contribution >= 4 is 40.9 Å². The van der Waals surface area contributed by atoms with Crippen LogP contribution in [0.4, 0.5) is 20.6 Å². The number of nitrogens with one attached hydrogen (secondary N) is 1. The minimum Gasteiger partial charge on any atom is -0.494 e. The molecule has 2 heterocycles. The number of hydrogen-bond donors (Lipinski definition) is 1. The van der Waals surface area contributed by atoms with E-state index in [0.29, 0.717) is 12.4 Å². The molecule has 2 aromatic rings. The molecule has 4 amide bonds. The van der Waals surface area contributed by atoms with E-state index in [1.54, 1.807) is 24.3 Å². The highest BCUT2D eigenvalue weighted by molar-refractivity contribution is 6.39. The predicted octanol–water partition coefficient (Wildman–Crippen LogP) is 5.30. The molecule has 0 unspecified atom stereocenters. The molecule has 2 aliphatic heterocycles. The van der Waals surface area contributed by atoms with E-state index in [1.807, 2.05) is 13.8 Å². The van der Waals surface area contributed by atoms with Crippen LogP contribution >= 0.6 is 0 Å². The summed E-state index contributed by atoms with van der Waals surface area (Å²) in [5, 5.41) is 2.18. The van der Waals surface area contributed by atoms with Crippen LogP contribution < -0.4 is 19.9 Å². The number of barbiturate groups is 1. The Morgan fingerprint density at radius 1 is 1.11 bits per heavy atom. The average molecular weight is 492 g/mol. The summed E-state index contributed by atoms with van der Waals surface area (Å²) in [5.41, 5.74) is 2.29. The fourth-order valence-corrected chi connectivity index (χ4v) is 4.78. The van der Waals surface area contributed by atoms with Gasteiger partial charge in [-0.15, -0.1) is 0 Å². The van der Waals surface area contributed by atoms with E-state index >= 15 is 4.39 Å². The number of rotatable bonds is 6. The Morgan fingerprint density at radius 3 is 2.56 bits per heavy atom. The van der Waals surface area contributed by atoms with Gasteiger partial charge in [-0.2, -0.15) is 0 Å². The van der Waals surface area contributed by atoms with Crippen LogP contribution in [0.2, 0.25) is 0 Å². The first-order valence-electron chi connectivity index (χ1n) is 12.0. The second-order valence-corrected chi connectivity index (χ2v) is 9.41. The van der Waals surface area contributed by atoms with Gasteiger partial charge in [0.25, 0.3) is 11.8 Å². The Morgan fingerprint density at radius 2 is 1.86 bits per heavy atom. The number of ether oxygens (including phenoxy) is 1. The molecule has 4 rings (SSSR count). The van der Waals surface area contributed by atoms with Crippen LogP contribution in [0, 0.1) is 5.82 Å². The Labute approximate surface area is 210 Å². The number of benzene rings is 2. The summed E-state index contributed by atoms with van der Waals surface area (Å²) in [6.45, 7) is 11.2. The Balaban J connectivity index is 1.77. The summed E-state index contributed by atoms with van der Waals surface area (Å²) in [5.74, 6) is -1.80. The number of allylic oxidation sites excluding steroid dienone is 1. The molecule has 0 aromatic heterocycles. The number of amides is 4. The van der Waals surface area contributed by atoms with Crippen molar-refractivity contribution in [3.63, 3.8) is 0 Å². The van der Waals surface area contributed by atoms with Crippen LogP contribution in [0.5, 0.6) is 5.75 Å². The molecule has 1 saturated heterocycles. The van der Waals surface area contributed by atoms with Gasteiger partial charge in [0, 0.05) is 29.4 Å². The Kier molecular flexibility index (Phi) is 6.71. The Hall–Kier alpha value is -3.94. The van der Waals surface area contributed by atoms with Gasteiger partial charge in [0.05, 0.1) is 17.8 Å². The fourth-order valence-electron chi connectivity index (χ4n) is 4.78. The zero-order chi connectivity index (χ0) is 26.2. The Bertz CT molecular complexity index is 1310. The third kappa shape index (κ3) is 4.51. The van der Waals surface area contributed by atoms with Crippen molar-refractivity contribution in [2.75, 3.05) is 23.0 Å². The number of fused-ring (bicyclic) bond motifs is 1. The third-order valence-corrected chi connectivity index (χ3v) is 6.33.